The molecule has 20 aromatic rings. The van der Waals surface area contributed by atoms with Crippen molar-refractivity contribution in [2.45, 2.75) is 0 Å². The molecule has 0 aliphatic heterocycles. The number of rotatable bonds is 10. The smallest absolute Gasteiger partial charge is 0.00139 e. The monoisotopic (exact) mass is 1320 g/mol. The molecule has 0 saturated carbocycles. The number of benzene rings is 20. The maximum Gasteiger partial charge on any atom is -0.00139 e. The Labute approximate surface area is 606 Å². The lowest BCUT2D eigenvalue weighted by Crippen LogP contribution is -1.95. The normalized spacial score (nSPS) is 11.5. The van der Waals surface area contributed by atoms with E-state index >= 15 is 0 Å². The van der Waals surface area contributed by atoms with Crippen molar-refractivity contribution < 1.29 is 0 Å². The van der Waals surface area contributed by atoms with Gasteiger partial charge in [-0.3, -0.25) is 0 Å². The summed E-state index contributed by atoms with van der Waals surface area (Å²) < 4.78 is 0. The maximum absolute atomic E-state index is 2.40. The van der Waals surface area contributed by atoms with Crippen LogP contribution in [0.5, 0.6) is 0 Å². The van der Waals surface area contributed by atoms with E-state index in [9.17, 15) is 0 Å². The molecule has 0 aliphatic carbocycles. The van der Waals surface area contributed by atoms with Crippen LogP contribution in [0, 0.1) is 0 Å². The van der Waals surface area contributed by atoms with Gasteiger partial charge in [0.15, 0.2) is 0 Å². The first-order chi connectivity index (χ1) is 51.6. The van der Waals surface area contributed by atoms with E-state index in [1.807, 2.05) is 0 Å². The molecule has 0 saturated heterocycles. The fourth-order valence-corrected chi connectivity index (χ4v) is 16.5. The molecular weight excluding hydrogens is 1250 g/mol. The predicted molar refractivity (Wildman–Crippen MR) is 447 cm³/mol. The van der Waals surface area contributed by atoms with Crippen LogP contribution in [-0.4, -0.2) is 0 Å². The van der Waals surface area contributed by atoms with Crippen LogP contribution in [0.2, 0.25) is 0 Å². The summed E-state index contributed by atoms with van der Waals surface area (Å²) in [5, 5.41) is 20.1. The zero-order chi connectivity index (χ0) is 68.9. The van der Waals surface area contributed by atoms with Gasteiger partial charge in [-0.15, -0.1) is 0 Å². The van der Waals surface area contributed by atoms with Gasteiger partial charge in [0, 0.05) is 0 Å². The lowest BCUT2D eigenvalue weighted by atomic mass is 9.80. The molecule has 20 aromatic carbocycles. The van der Waals surface area contributed by atoms with Crippen molar-refractivity contribution in [2.75, 3.05) is 0 Å². The van der Waals surface area contributed by atoms with Gasteiger partial charge in [0.05, 0.1) is 0 Å². The molecule has 20 rings (SSSR count). The summed E-state index contributed by atoms with van der Waals surface area (Å²) in [6.07, 6.45) is 0. The second kappa shape index (κ2) is 26.5. The average molecular weight is 1320 g/mol. The highest BCUT2D eigenvalue weighted by molar-refractivity contribution is 6.30. The van der Waals surface area contributed by atoms with E-state index in [-0.39, 0.29) is 0 Å². The third kappa shape index (κ3) is 11.1. The van der Waals surface area contributed by atoms with E-state index in [0.717, 1.165) is 0 Å². The quantitative estimate of drug-likeness (QED) is 0.120. The topological polar surface area (TPSA) is 0 Å². The SMILES string of the molecule is c1ccc(-c2cc(-c3ccccc3)cc(-c3c4ccccc4c(-c4c5ccccc5c(-c5cc(-c6ccccc6)cc(-c6ccccc6)c5)c5ccccc45)c4ccccc34)c2)cc1.c1ccc(-c2ccc3c(-c4ccc5ccccc5c4)c4ccccc4c(-c4ccc5ccccc5c4)c3c2)cc1. The molecule has 484 valence electrons. The average Bonchev–Trinajstić information content (AvgIpc) is 0.712. The lowest BCUT2D eigenvalue weighted by Gasteiger charge is -2.23. The zero-order valence-electron chi connectivity index (χ0n) is 57.3. The summed E-state index contributed by atoms with van der Waals surface area (Å²) >= 11 is 0. The van der Waals surface area contributed by atoms with Crippen LogP contribution in [0.1, 0.15) is 0 Å². The van der Waals surface area contributed by atoms with Crippen molar-refractivity contribution >= 4 is 86.2 Å². The molecule has 0 fully saturated rings. The van der Waals surface area contributed by atoms with Crippen LogP contribution in [0.15, 0.2) is 413 Å². The van der Waals surface area contributed by atoms with E-state index < -0.39 is 0 Å². The van der Waals surface area contributed by atoms with Gasteiger partial charge in [0.1, 0.15) is 0 Å². The van der Waals surface area contributed by atoms with Crippen LogP contribution in [-0.2, 0) is 0 Å². The molecule has 0 spiro atoms. The minimum atomic E-state index is 1.20. The number of fused-ring (bicyclic) bond motifs is 8. The van der Waals surface area contributed by atoms with Gasteiger partial charge >= 0.3 is 0 Å². The molecular formula is C104H68. The van der Waals surface area contributed by atoms with Gasteiger partial charge in [0.2, 0.25) is 0 Å². The summed E-state index contributed by atoms with van der Waals surface area (Å²) in [6.45, 7) is 0. The summed E-state index contributed by atoms with van der Waals surface area (Å²) in [5.41, 5.74) is 24.6. The molecule has 0 bridgehead atoms. The summed E-state index contributed by atoms with van der Waals surface area (Å²) in [5.74, 6) is 0. The Morgan fingerprint density at radius 1 is 0.0865 bits per heavy atom. The fraction of sp³-hybridized carbons (Fsp3) is 0. The largest absolute Gasteiger partial charge is 0.0622 e. The minimum absolute atomic E-state index is 1.20. The highest BCUT2D eigenvalue weighted by atomic mass is 14.3. The van der Waals surface area contributed by atoms with Crippen LogP contribution in [0.4, 0.5) is 0 Å². The zero-order valence-corrected chi connectivity index (χ0v) is 57.3. The molecule has 0 radical (unpaired) electrons. The fourth-order valence-electron chi connectivity index (χ4n) is 16.5. The van der Waals surface area contributed by atoms with Crippen molar-refractivity contribution in [1.29, 1.82) is 0 Å². The Hall–Kier alpha value is -13.5. The molecule has 0 aromatic heterocycles. The Bertz CT molecular complexity index is 6190. The van der Waals surface area contributed by atoms with Crippen LogP contribution in [0.3, 0.4) is 0 Å². The second-order valence-corrected chi connectivity index (χ2v) is 27.3. The van der Waals surface area contributed by atoms with E-state index in [2.05, 4.69) is 413 Å². The molecule has 0 amide bonds. The van der Waals surface area contributed by atoms with E-state index in [1.165, 1.54) is 197 Å². The number of hydrogen-bond donors (Lipinski definition) is 0. The van der Waals surface area contributed by atoms with E-state index in [0.29, 0.717) is 0 Å². The van der Waals surface area contributed by atoms with Gasteiger partial charge in [-0.1, -0.05) is 358 Å². The van der Waals surface area contributed by atoms with Gasteiger partial charge in [-0.2, -0.15) is 0 Å². The summed E-state index contributed by atoms with van der Waals surface area (Å²) in [7, 11) is 0. The highest BCUT2D eigenvalue weighted by Gasteiger charge is 2.25. The summed E-state index contributed by atoms with van der Waals surface area (Å²) in [4.78, 5) is 0. The van der Waals surface area contributed by atoms with Crippen molar-refractivity contribution in [3.63, 3.8) is 0 Å². The molecule has 0 nitrogen and oxygen atoms in total. The standard InChI is InChI=1S/C64H42.C40H26/c1-5-21-43(22-6-1)47-37-48(44-23-7-2-8-24-44)40-51(39-47)61-53-29-13-17-33-57(53)63(58-34-18-14-30-54(58)61)64-59-35-19-15-31-55(59)62(56-32-16-20-36-60(56)64)52-41-49(45-25-9-3-10-26-45)38-50(42-52)46-27-11-4-12-28-46;1-2-10-27(11-3-1)32-22-23-37-38(26-32)40(34-21-19-29-13-5-7-15-31(29)25-34)36-17-9-8-16-35(36)39(37)33-20-18-28-12-4-6-14-30(28)24-33/h1-42H;1-26H. The molecule has 104 heavy (non-hydrogen) atoms. The first kappa shape index (κ1) is 61.6. The first-order valence-electron chi connectivity index (χ1n) is 36.0. The summed E-state index contributed by atoms with van der Waals surface area (Å²) in [6, 6.07) is 151. The second-order valence-electron chi connectivity index (χ2n) is 27.3. The third-order valence-corrected chi connectivity index (χ3v) is 21.2. The molecule has 0 heteroatoms. The van der Waals surface area contributed by atoms with Crippen molar-refractivity contribution in [3.8, 4) is 111 Å². The Morgan fingerprint density at radius 3 is 0.606 bits per heavy atom. The van der Waals surface area contributed by atoms with Crippen LogP contribution in [0.25, 0.3) is 197 Å². The van der Waals surface area contributed by atoms with Gasteiger partial charge < -0.3 is 0 Å². The number of hydrogen-bond acceptors (Lipinski definition) is 0. The van der Waals surface area contributed by atoms with Crippen LogP contribution >= 0.6 is 0 Å². The Balaban J connectivity index is 0.000000159. The molecule has 0 heterocycles. The third-order valence-electron chi connectivity index (χ3n) is 21.2. The van der Waals surface area contributed by atoms with Crippen molar-refractivity contribution in [1.82, 2.24) is 0 Å². The van der Waals surface area contributed by atoms with Gasteiger partial charge in [0.25, 0.3) is 0 Å². The Kier molecular flexibility index (Phi) is 15.7. The van der Waals surface area contributed by atoms with Crippen molar-refractivity contribution in [2.24, 2.45) is 0 Å². The van der Waals surface area contributed by atoms with Gasteiger partial charge in [-0.05, 0) is 252 Å². The molecule has 0 unspecified atom stereocenters. The van der Waals surface area contributed by atoms with Gasteiger partial charge in [-0.25, -0.2) is 0 Å². The van der Waals surface area contributed by atoms with E-state index in [4.69, 9.17) is 0 Å². The first-order valence-corrected chi connectivity index (χ1v) is 36.0. The van der Waals surface area contributed by atoms with Crippen LogP contribution < -0.4 is 0 Å². The Morgan fingerprint density at radius 2 is 0.298 bits per heavy atom. The predicted octanol–water partition coefficient (Wildman–Crippen LogP) is 29.3. The van der Waals surface area contributed by atoms with Crippen molar-refractivity contribution in [3.05, 3.63) is 413 Å². The highest BCUT2D eigenvalue weighted by Crippen LogP contribution is 2.52. The maximum atomic E-state index is 2.40. The van der Waals surface area contributed by atoms with E-state index in [1.54, 1.807) is 0 Å². The molecule has 0 N–H and O–H groups in total. The lowest BCUT2D eigenvalue weighted by molar-refractivity contribution is 1.58. The molecule has 0 aliphatic rings. The molecule has 0 atom stereocenters. The minimum Gasteiger partial charge on any atom is -0.0622 e.